The molecule has 0 bridgehead atoms. The maximum Gasteiger partial charge on any atom is 0.136 e. The Morgan fingerprint density at radius 2 is 0.765 bits per heavy atom. The van der Waals surface area contributed by atoms with E-state index in [0.717, 1.165) is 33.3 Å². The molecule has 3 aromatic heterocycles. The Morgan fingerprint density at radius 3 is 1.39 bits per heavy atom. The van der Waals surface area contributed by atoms with E-state index in [1.807, 2.05) is 12.1 Å². The summed E-state index contributed by atoms with van der Waals surface area (Å²) in [6.45, 7) is 0. The number of furan rings is 1. The van der Waals surface area contributed by atoms with Crippen LogP contribution in [0.5, 0.6) is 0 Å². The predicted molar refractivity (Wildman–Crippen MR) is 213 cm³/mol. The number of nitrogens with zero attached hydrogens (tertiary/aromatic N) is 2. The fraction of sp³-hybridized carbons (Fsp3) is 0. The van der Waals surface area contributed by atoms with Crippen LogP contribution in [0.15, 0.2) is 186 Å². The maximum absolute atomic E-state index is 6.27. The van der Waals surface area contributed by atoms with Gasteiger partial charge in [-0.05, 0) is 65.7 Å². The van der Waals surface area contributed by atoms with Gasteiger partial charge in [-0.1, -0.05) is 127 Å². The van der Waals surface area contributed by atoms with Gasteiger partial charge in [-0.25, -0.2) is 0 Å². The quantitative estimate of drug-likeness (QED) is 0.186. The fourth-order valence-electron chi connectivity index (χ4n) is 8.39. The number of rotatable bonds is 4. The van der Waals surface area contributed by atoms with Gasteiger partial charge in [-0.15, -0.1) is 0 Å². The summed E-state index contributed by atoms with van der Waals surface area (Å²) in [4.78, 5) is 0. The van der Waals surface area contributed by atoms with Gasteiger partial charge in [0.25, 0.3) is 0 Å². The largest absolute Gasteiger partial charge is 0.456 e. The van der Waals surface area contributed by atoms with E-state index in [4.69, 9.17) is 4.42 Å². The van der Waals surface area contributed by atoms with Gasteiger partial charge in [-0.2, -0.15) is 0 Å². The van der Waals surface area contributed by atoms with Gasteiger partial charge >= 0.3 is 0 Å². The second-order valence-corrected chi connectivity index (χ2v) is 13.3. The normalized spacial score (nSPS) is 11.9. The van der Waals surface area contributed by atoms with Gasteiger partial charge in [0, 0.05) is 43.4 Å². The monoisotopic (exact) mass is 650 g/mol. The Labute approximate surface area is 293 Å². The van der Waals surface area contributed by atoms with Crippen LogP contribution < -0.4 is 0 Å². The lowest BCUT2D eigenvalue weighted by Gasteiger charge is -2.18. The van der Waals surface area contributed by atoms with Crippen molar-refractivity contribution in [3.05, 3.63) is 182 Å². The Bertz CT molecular complexity index is 3100. The predicted octanol–water partition coefficient (Wildman–Crippen LogP) is 13.1. The lowest BCUT2D eigenvalue weighted by Crippen LogP contribution is -2.01. The molecule has 0 saturated heterocycles. The molecule has 11 aromatic rings. The highest BCUT2D eigenvalue weighted by Crippen LogP contribution is 2.43. The topological polar surface area (TPSA) is 23.0 Å². The third kappa shape index (κ3) is 4.06. The minimum atomic E-state index is 0.909. The van der Waals surface area contributed by atoms with E-state index >= 15 is 0 Å². The van der Waals surface area contributed by atoms with Crippen molar-refractivity contribution >= 4 is 65.6 Å². The van der Waals surface area contributed by atoms with E-state index in [-0.39, 0.29) is 0 Å². The molecule has 0 fully saturated rings. The fourth-order valence-corrected chi connectivity index (χ4v) is 8.39. The first-order valence-electron chi connectivity index (χ1n) is 17.4. The zero-order chi connectivity index (χ0) is 33.5. The first-order valence-corrected chi connectivity index (χ1v) is 17.4. The smallest absolute Gasteiger partial charge is 0.136 e. The van der Waals surface area contributed by atoms with Crippen molar-refractivity contribution < 1.29 is 4.42 Å². The third-order valence-electron chi connectivity index (χ3n) is 10.5. The van der Waals surface area contributed by atoms with Gasteiger partial charge in [0.2, 0.25) is 0 Å². The molecule has 0 aliphatic heterocycles. The van der Waals surface area contributed by atoms with E-state index in [0.29, 0.717) is 0 Å². The number of hydrogen-bond donors (Lipinski definition) is 0. The summed E-state index contributed by atoms with van der Waals surface area (Å²) < 4.78 is 11.1. The number of aromatic nitrogens is 2. The molecule has 3 heterocycles. The second-order valence-electron chi connectivity index (χ2n) is 13.3. The van der Waals surface area contributed by atoms with Crippen molar-refractivity contribution in [2.75, 3.05) is 0 Å². The summed E-state index contributed by atoms with van der Waals surface area (Å²) in [5.41, 5.74) is 13.6. The highest BCUT2D eigenvalue weighted by molar-refractivity contribution is 6.15. The Balaban J connectivity index is 1.16. The molecule has 0 spiro atoms. The summed E-state index contributed by atoms with van der Waals surface area (Å²) in [6, 6.07) is 65.5. The van der Waals surface area contributed by atoms with Crippen LogP contribution >= 0.6 is 0 Å². The first-order chi connectivity index (χ1) is 25.3. The van der Waals surface area contributed by atoms with E-state index in [1.54, 1.807) is 0 Å². The van der Waals surface area contributed by atoms with Crippen molar-refractivity contribution in [2.45, 2.75) is 0 Å². The van der Waals surface area contributed by atoms with Gasteiger partial charge in [-0.3, -0.25) is 0 Å². The van der Waals surface area contributed by atoms with Gasteiger partial charge < -0.3 is 13.6 Å². The highest BCUT2D eigenvalue weighted by atomic mass is 16.3. The van der Waals surface area contributed by atoms with Gasteiger partial charge in [0.05, 0.1) is 33.4 Å². The minimum Gasteiger partial charge on any atom is -0.456 e. The van der Waals surface area contributed by atoms with E-state index in [1.165, 1.54) is 65.9 Å². The molecule has 0 N–H and O–H groups in total. The molecule has 0 unspecified atom stereocenters. The molecule has 0 aliphatic carbocycles. The highest BCUT2D eigenvalue weighted by Gasteiger charge is 2.20. The van der Waals surface area contributed by atoms with Crippen molar-refractivity contribution in [2.24, 2.45) is 0 Å². The van der Waals surface area contributed by atoms with Crippen LogP contribution in [0.2, 0.25) is 0 Å². The van der Waals surface area contributed by atoms with E-state index in [2.05, 4.69) is 179 Å². The molecule has 51 heavy (non-hydrogen) atoms. The lowest BCUT2D eigenvalue weighted by molar-refractivity contribution is 0.669. The average molecular weight is 651 g/mol. The SMILES string of the molecule is c1ccc(-n2c3ccccc3c3ccccc32)c(-c2ccccc2-n2c3ccccc3c3cc(-c4cccc5oc6ccccc6c45)ccc32)c1. The summed E-state index contributed by atoms with van der Waals surface area (Å²) >= 11 is 0. The van der Waals surface area contributed by atoms with Crippen molar-refractivity contribution in [3.8, 4) is 33.6 Å². The van der Waals surface area contributed by atoms with Gasteiger partial charge in [0.15, 0.2) is 0 Å². The van der Waals surface area contributed by atoms with Crippen LogP contribution in [0, 0.1) is 0 Å². The molecular formula is C48H30N2O. The zero-order valence-corrected chi connectivity index (χ0v) is 27.6. The third-order valence-corrected chi connectivity index (χ3v) is 10.5. The molecule has 3 heteroatoms. The Hall–Kier alpha value is -6.84. The molecule has 0 radical (unpaired) electrons. The van der Waals surface area contributed by atoms with Crippen LogP contribution in [-0.4, -0.2) is 9.13 Å². The molecule has 0 saturated carbocycles. The van der Waals surface area contributed by atoms with Crippen molar-refractivity contribution in [3.63, 3.8) is 0 Å². The number of hydrogen-bond acceptors (Lipinski definition) is 1. The second kappa shape index (κ2) is 10.8. The number of benzene rings is 8. The summed E-state index contributed by atoms with van der Waals surface area (Å²) in [5.74, 6) is 0. The van der Waals surface area contributed by atoms with E-state index < -0.39 is 0 Å². The Morgan fingerprint density at radius 1 is 0.314 bits per heavy atom. The minimum absolute atomic E-state index is 0.909. The maximum atomic E-state index is 6.27. The summed E-state index contributed by atoms with van der Waals surface area (Å²) in [7, 11) is 0. The molecule has 0 atom stereocenters. The number of para-hydroxylation sites is 6. The molecule has 238 valence electrons. The summed E-state index contributed by atoms with van der Waals surface area (Å²) in [6.07, 6.45) is 0. The molecule has 0 amide bonds. The van der Waals surface area contributed by atoms with Crippen LogP contribution in [-0.2, 0) is 0 Å². The molecule has 3 nitrogen and oxygen atoms in total. The van der Waals surface area contributed by atoms with Gasteiger partial charge in [0.1, 0.15) is 11.2 Å². The average Bonchev–Trinajstić information content (AvgIpc) is 3.85. The lowest BCUT2D eigenvalue weighted by atomic mass is 9.98. The summed E-state index contributed by atoms with van der Waals surface area (Å²) in [5, 5.41) is 7.26. The molecule has 11 rings (SSSR count). The van der Waals surface area contributed by atoms with Crippen LogP contribution in [0.25, 0.3) is 99.2 Å². The van der Waals surface area contributed by atoms with Crippen molar-refractivity contribution in [1.29, 1.82) is 0 Å². The van der Waals surface area contributed by atoms with Crippen molar-refractivity contribution in [1.82, 2.24) is 9.13 Å². The standard InChI is InChI=1S/C48H30N2O/c1-7-21-40-33(14-1)34-15-2-8-22-41(34)49(40)42-23-9-3-16-35(42)36-17-4-10-24-43(36)50-44-25-11-5-18-37(44)39-30-31(28-29-45(39)50)32-20-13-27-47-48(32)38-19-6-12-26-46(38)51-47/h1-30H. The molecule has 8 aromatic carbocycles. The van der Waals surface area contributed by atoms with Crippen LogP contribution in [0.3, 0.4) is 0 Å². The van der Waals surface area contributed by atoms with Crippen LogP contribution in [0.4, 0.5) is 0 Å². The first kappa shape index (κ1) is 28.0. The molecule has 0 aliphatic rings. The van der Waals surface area contributed by atoms with Crippen LogP contribution in [0.1, 0.15) is 0 Å². The molecular weight excluding hydrogens is 621 g/mol. The number of fused-ring (bicyclic) bond motifs is 9. The zero-order valence-electron chi connectivity index (χ0n) is 27.6. The van der Waals surface area contributed by atoms with E-state index in [9.17, 15) is 0 Å². The Kier molecular flexibility index (Phi) is 5.96.